The molecule has 0 aliphatic carbocycles. The first-order valence-corrected chi connectivity index (χ1v) is 11.3. The summed E-state index contributed by atoms with van der Waals surface area (Å²) < 4.78 is 16.2. The lowest BCUT2D eigenvalue weighted by atomic mass is 10.2. The highest BCUT2D eigenvalue weighted by Crippen LogP contribution is 2.29. The minimum absolute atomic E-state index is 0.0772. The van der Waals surface area contributed by atoms with Crippen molar-refractivity contribution in [3.05, 3.63) is 82.8 Å². The molecule has 0 fully saturated rings. The normalized spacial score (nSPS) is 10.8. The zero-order valence-electron chi connectivity index (χ0n) is 16.0. The van der Waals surface area contributed by atoms with E-state index in [1.807, 2.05) is 41.8 Å². The summed E-state index contributed by atoms with van der Waals surface area (Å²) in [6, 6.07) is 20.0. The Bertz CT molecular complexity index is 1110. The van der Waals surface area contributed by atoms with Crippen LogP contribution in [-0.4, -0.2) is 33.0 Å². The van der Waals surface area contributed by atoms with Gasteiger partial charge < -0.3 is 5.32 Å². The molecule has 1 N–H and O–H groups in total. The van der Waals surface area contributed by atoms with Crippen LogP contribution in [0.3, 0.4) is 0 Å². The first-order chi connectivity index (χ1) is 14.7. The molecule has 2 aromatic heterocycles. The van der Waals surface area contributed by atoms with Gasteiger partial charge in [-0.15, -0.1) is 21.5 Å². The molecule has 0 aliphatic heterocycles. The molecule has 0 atom stereocenters. The number of hydrogen-bond donors (Lipinski definition) is 1. The molecule has 30 heavy (non-hydrogen) atoms. The SMILES string of the molecule is O=C(CSc1nnc(-c2ccccc2F)n1-c1ccccc1)NCCc1cccs1. The second-order valence-electron chi connectivity index (χ2n) is 6.42. The van der Waals surface area contributed by atoms with E-state index in [-0.39, 0.29) is 17.5 Å². The molecule has 5 nitrogen and oxygen atoms in total. The van der Waals surface area contributed by atoms with E-state index in [1.54, 1.807) is 34.1 Å². The van der Waals surface area contributed by atoms with Crippen LogP contribution in [0.15, 0.2) is 77.3 Å². The summed E-state index contributed by atoms with van der Waals surface area (Å²) in [6.45, 7) is 0.589. The molecule has 2 heterocycles. The molecule has 0 spiro atoms. The summed E-state index contributed by atoms with van der Waals surface area (Å²) in [5, 5.41) is 13.9. The molecule has 152 valence electrons. The van der Waals surface area contributed by atoms with Crippen molar-refractivity contribution in [2.45, 2.75) is 11.6 Å². The smallest absolute Gasteiger partial charge is 0.230 e. The van der Waals surface area contributed by atoms with Gasteiger partial charge in [-0.05, 0) is 42.1 Å². The largest absolute Gasteiger partial charge is 0.355 e. The van der Waals surface area contributed by atoms with Gasteiger partial charge in [0.15, 0.2) is 11.0 Å². The van der Waals surface area contributed by atoms with E-state index < -0.39 is 0 Å². The van der Waals surface area contributed by atoms with Gasteiger partial charge in [0.2, 0.25) is 5.91 Å². The monoisotopic (exact) mass is 438 g/mol. The van der Waals surface area contributed by atoms with Crippen LogP contribution < -0.4 is 5.32 Å². The first kappa shape index (κ1) is 20.3. The highest BCUT2D eigenvalue weighted by molar-refractivity contribution is 7.99. The Balaban J connectivity index is 1.50. The number of halogens is 1. The summed E-state index contributed by atoms with van der Waals surface area (Å²) >= 11 is 2.95. The fraction of sp³-hybridized carbons (Fsp3) is 0.136. The Kier molecular flexibility index (Phi) is 6.56. The number of carbonyl (C=O) groups excluding carboxylic acids is 1. The molecule has 0 unspecified atom stereocenters. The van der Waals surface area contributed by atoms with Crippen molar-refractivity contribution < 1.29 is 9.18 Å². The molecule has 4 aromatic rings. The van der Waals surface area contributed by atoms with Gasteiger partial charge in [-0.1, -0.05) is 48.2 Å². The van der Waals surface area contributed by atoms with Crippen LogP contribution in [-0.2, 0) is 11.2 Å². The minimum atomic E-state index is -0.370. The maximum Gasteiger partial charge on any atom is 0.230 e. The van der Waals surface area contributed by atoms with E-state index in [9.17, 15) is 9.18 Å². The average molecular weight is 439 g/mol. The van der Waals surface area contributed by atoms with Gasteiger partial charge in [-0.25, -0.2) is 4.39 Å². The summed E-state index contributed by atoms with van der Waals surface area (Å²) in [4.78, 5) is 13.5. The Hall–Kier alpha value is -2.97. The van der Waals surface area contributed by atoms with Gasteiger partial charge in [-0.3, -0.25) is 9.36 Å². The lowest BCUT2D eigenvalue weighted by Crippen LogP contribution is -2.27. The maximum absolute atomic E-state index is 14.4. The third kappa shape index (κ3) is 4.77. The second kappa shape index (κ2) is 9.69. The van der Waals surface area contributed by atoms with Crippen molar-refractivity contribution in [1.82, 2.24) is 20.1 Å². The molecular weight excluding hydrogens is 419 g/mol. The Morgan fingerprint density at radius 3 is 2.60 bits per heavy atom. The number of thioether (sulfide) groups is 1. The van der Waals surface area contributed by atoms with Gasteiger partial charge in [0, 0.05) is 17.1 Å². The van der Waals surface area contributed by atoms with Crippen molar-refractivity contribution in [1.29, 1.82) is 0 Å². The van der Waals surface area contributed by atoms with E-state index in [0.717, 1.165) is 12.1 Å². The Morgan fingerprint density at radius 1 is 1.03 bits per heavy atom. The van der Waals surface area contributed by atoms with E-state index >= 15 is 0 Å². The van der Waals surface area contributed by atoms with Crippen molar-refractivity contribution in [3.8, 4) is 17.1 Å². The third-order valence-corrected chi connectivity index (χ3v) is 6.23. The summed E-state index contributed by atoms with van der Waals surface area (Å²) in [7, 11) is 0. The van der Waals surface area contributed by atoms with Gasteiger partial charge in [0.25, 0.3) is 0 Å². The van der Waals surface area contributed by atoms with Crippen molar-refractivity contribution >= 4 is 29.0 Å². The second-order valence-corrected chi connectivity index (χ2v) is 8.40. The number of nitrogens with zero attached hydrogens (tertiary/aromatic N) is 3. The fourth-order valence-corrected chi connectivity index (χ4v) is 4.44. The molecule has 0 radical (unpaired) electrons. The highest BCUT2D eigenvalue weighted by atomic mass is 32.2. The Labute approximate surface area is 182 Å². The maximum atomic E-state index is 14.4. The lowest BCUT2D eigenvalue weighted by Gasteiger charge is -2.11. The van der Waals surface area contributed by atoms with Gasteiger partial charge in [0.05, 0.1) is 11.3 Å². The molecule has 8 heteroatoms. The summed E-state index contributed by atoms with van der Waals surface area (Å²) in [5.41, 5.74) is 1.17. The standard InChI is InChI=1S/C22H19FN4OS2/c23-19-11-5-4-10-18(19)21-25-26-22(27(21)16-7-2-1-3-8-16)30-15-20(28)24-13-12-17-9-6-14-29-17/h1-11,14H,12-13,15H2,(H,24,28). The molecule has 4 rings (SSSR count). The van der Waals surface area contributed by atoms with E-state index in [0.29, 0.717) is 23.1 Å². The third-order valence-electron chi connectivity index (χ3n) is 4.37. The number of hydrogen-bond acceptors (Lipinski definition) is 5. The topological polar surface area (TPSA) is 59.8 Å². The van der Waals surface area contributed by atoms with Crippen molar-refractivity contribution in [3.63, 3.8) is 0 Å². The van der Waals surface area contributed by atoms with Crippen molar-refractivity contribution in [2.75, 3.05) is 12.3 Å². The zero-order chi connectivity index (χ0) is 20.8. The van der Waals surface area contributed by atoms with Crippen molar-refractivity contribution in [2.24, 2.45) is 0 Å². The van der Waals surface area contributed by atoms with Crippen LogP contribution in [0.2, 0.25) is 0 Å². The number of aromatic nitrogens is 3. The van der Waals surface area contributed by atoms with E-state index in [2.05, 4.69) is 21.6 Å². The molecular formula is C22H19FN4OS2. The molecule has 0 bridgehead atoms. The number of thiophene rings is 1. The number of carbonyl (C=O) groups is 1. The quantitative estimate of drug-likeness (QED) is 0.409. The highest BCUT2D eigenvalue weighted by Gasteiger charge is 2.19. The van der Waals surface area contributed by atoms with Crippen LogP contribution in [0.1, 0.15) is 4.88 Å². The van der Waals surface area contributed by atoms with Crippen LogP contribution in [0.5, 0.6) is 0 Å². The predicted molar refractivity (Wildman–Crippen MR) is 119 cm³/mol. The van der Waals surface area contributed by atoms with Gasteiger partial charge in [0.1, 0.15) is 5.82 Å². The number of benzene rings is 2. The van der Waals surface area contributed by atoms with Crippen LogP contribution >= 0.6 is 23.1 Å². The minimum Gasteiger partial charge on any atom is -0.355 e. The van der Waals surface area contributed by atoms with Gasteiger partial charge in [-0.2, -0.15) is 0 Å². The fourth-order valence-electron chi connectivity index (χ4n) is 2.95. The predicted octanol–water partition coefficient (Wildman–Crippen LogP) is 4.59. The molecule has 0 saturated heterocycles. The lowest BCUT2D eigenvalue weighted by molar-refractivity contribution is -0.118. The number of rotatable bonds is 8. The number of amides is 1. The first-order valence-electron chi connectivity index (χ1n) is 9.40. The average Bonchev–Trinajstić information content (AvgIpc) is 3.43. The summed E-state index contributed by atoms with van der Waals surface area (Å²) in [6.07, 6.45) is 0.811. The number of para-hydroxylation sites is 1. The zero-order valence-corrected chi connectivity index (χ0v) is 17.6. The molecule has 2 aromatic carbocycles. The van der Waals surface area contributed by atoms with Crippen LogP contribution in [0.4, 0.5) is 4.39 Å². The molecule has 0 saturated carbocycles. The molecule has 1 amide bonds. The van der Waals surface area contributed by atoms with Crippen LogP contribution in [0.25, 0.3) is 17.1 Å². The Morgan fingerprint density at radius 2 is 1.83 bits per heavy atom. The summed E-state index contributed by atoms with van der Waals surface area (Å²) in [5.74, 6) is 0.156. The molecule has 0 aliphatic rings. The van der Waals surface area contributed by atoms with Gasteiger partial charge >= 0.3 is 0 Å². The van der Waals surface area contributed by atoms with E-state index in [1.165, 1.54) is 22.7 Å². The van der Waals surface area contributed by atoms with E-state index in [4.69, 9.17) is 0 Å². The number of nitrogens with one attached hydrogen (secondary N) is 1. The van der Waals surface area contributed by atoms with Crippen LogP contribution in [0, 0.1) is 5.82 Å².